The Kier molecular flexibility index (Phi) is 6.60. The van der Waals surface area contributed by atoms with Crippen molar-refractivity contribution in [1.82, 2.24) is 10.6 Å². The van der Waals surface area contributed by atoms with Crippen LogP contribution in [0.2, 0.25) is 0 Å². The van der Waals surface area contributed by atoms with E-state index in [9.17, 15) is 30.0 Å². The molecule has 0 bridgehead atoms. The second kappa shape index (κ2) is 8.28. The molecule has 3 aliphatic rings. The summed E-state index contributed by atoms with van der Waals surface area (Å²) in [6.07, 6.45) is 3.22. The van der Waals surface area contributed by atoms with E-state index in [0.29, 0.717) is 11.7 Å². The summed E-state index contributed by atoms with van der Waals surface area (Å²) < 4.78 is 11.3. The number of nitrogens with one attached hydrogen (secondary N) is 2. The van der Waals surface area contributed by atoms with Crippen LogP contribution < -0.4 is 10.6 Å². The van der Waals surface area contributed by atoms with Crippen molar-refractivity contribution in [2.75, 3.05) is 6.61 Å². The van der Waals surface area contributed by atoms with Gasteiger partial charge in [0.05, 0.1) is 18.0 Å². The number of esters is 1. The number of hydrogen-bond donors (Lipinski definition) is 6. The number of urea groups is 1. The van der Waals surface area contributed by atoms with Crippen LogP contribution in [0, 0.1) is 0 Å². The van der Waals surface area contributed by atoms with E-state index in [4.69, 9.17) is 9.47 Å². The molecule has 11 heteroatoms. The van der Waals surface area contributed by atoms with Crippen molar-refractivity contribution in [3.05, 3.63) is 0 Å². The summed E-state index contributed by atoms with van der Waals surface area (Å²) in [4.78, 5) is 23.9. The third-order valence-corrected chi connectivity index (χ3v) is 9.36. The SMILES string of the molecule is C[C@]1(OC(=O)CCCCC2C[C@@H]3NC(=O)N[C@@H]3S2)O[C@](C)(CO)[C@@](C)(O)[C@](C)(O)[C@]1(C)O. The highest BCUT2D eigenvalue weighted by Gasteiger charge is 2.75. The molecule has 3 rings (SSSR count). The lowest BCUT2D eigenvalue weighted by Gasteiger charge is -2.64. The second-order valence-corrected chi connectivity index (χ2v) is 11.5. The first kappa shape index (κ1) is 25.5. The Bertz CT molecular complexity index is 744. The van der Waals surface area contributed by atoms with Crippen molar-refractivity contribution in [3.63, 3.8) is 0 Å². The number of hydrogen-bond acceptors (Lipinski definition) is 9. The average molecular weight is 477 g/mol. The smallest absolute Gasteiger partial charge is 0.316 e. The van der Waals surface area contributed by atoms with Gasteiger partial charge in [-0.3, -0.25) is 4.79 Å². The maximum atomic E-state index is 12.6. The van der Waals surface area contributed by atoms with Gasteiger partial charge in [0.1, 0.15) is 16.8 Å². The minimum Gasteiger partial charge on any atom is -0.430 e. The predicted octanol–water partition coefficient (Wildman–Crippen LogP) is 0.353. The second-order valence-electron chi connectivity index (χ2n) is 10.0. The normalized spacial score (nSPS) is 48.2. The Hall–Kier alpha value is -1.11. The first-order valence-electron chi connectivity index (χ1n) is 11.0. The molecule has 32 heavy (non-hydrogen) atoms. The molecule has 3 saturated heterocycles. The van der Waals surface area contributed by atoms with Crippen molar-refractivity contribution in [3.8, 4) is 0 Å². The molecule has 0 spiro atoms. The van der Waals surface area contributed by atoms with Crippen LogP contribution in [-0.4, -0.2) is 83.9 Å². The van der Waals surface area contributed by atoms with Crippen LogP contribution in [0.1, 0.15) is 66.7 Å². The highest BCUT2D eigenvalue weighted by molar-refractivity contribution is 8.00. The highest BCUT2D eigenvalue weighted by atomic mass is 32.2. The quantitative estimate of drug-likeness (QED) is 0.225. The molecule has 8 atom stereocenters. The molecular weight excluding hydrogens is 440 g/mol. The minimum atomic E-state index is -2.18. The Labute approximate surface area is 192 Å². The molecular formula is C21H36N2O8S. The molecule has 3 fully saturated rings. The zero-order valence-corrected chi connectivity index (χ0v) is 20.1. The lowest BCUT2D eigenvalue weighted by Crippen LogP contribution is -2.85. The van der Waals surface area contributed by atoms with E-state index in [0.717, 1.165) is 19.3 Å². The molecule has 6 N–H and O–H groups in total. The van der Waals surface area contributed by atoms with Crippen LogP contribution >= 0.6 is 11.8 Å². The van der Waals surface area contributed by atoms with Crippen molar-refractivity contribution >= 4 is 23.8 Å². The van der Waals surface area contributed by atoms with E-state index in [1.807, 2.05) is 0 Å². The molecule has 0 aromatic rings. The number of ether oxygens (including phenoxy) is 2. The van der Waals surface area contributed by atoms with Gasteiger partial charge in [0.2, 0.25) is 5.79 Å². The Morgan fingerprint density at radius 3 is 2.34 bits per heavy atom. The van der Waals surface area contributed by atoms with Gasteiger partial charge in [-0.25, -0.2) is 4.79 Å². The van der Waals surface area contributed by atoms with Crippen LogP contribution in [-0.2, 0) is 14.3 Å². The molecule has 3 aliphatic heterocycles. The molecule has 0 radical (unpaired) electrons. The molecule has 10 nitrogen and oxygen atoms in total. The monoisotopic (exact) mass is 476 g/mol. The summed E-state index contributed by atoms with van der Waals surface area (Å²) >= 11 is 1.73. The number of amides is 2. The summed E-state index contributed by atoms with van der Waals surface area (Å²) in [5.41, 5.74) is -8.10. The van der Waals surface area contributed by atoms with Crippen LogP contribution in [0.15, 0.2) is 0 Å². The van der Waals surface area contributed by atoms with Crippen molar-refractivity contribution in [2.24, 2.45) is 0 Å². The van der Waals surface area contributed by atoms with Crippen LogP contribution in [0.5, 0.6) is 0 Å². The van der Waals surface area contributed by atoms with Crippen LogP contribution in [0.25, 0.3) is 0 Å². The van der Waals surface area contributed by atoms with Gasteiger partial charge in [-0.15, -0.1) is 11.8 Å². The molecule has 184 valence electrons. The van der Waals surface area contributed by atoms with E-state index in [1.54, 1.807) is 11.8 Å². The average Bonchev–Trinajstić information content (AvgIpc) is 3.20. The summed E-state index contributed by atoms with van der Waals surface area (Å²) in [5.74, 6) is -2.62. The first-order chi connectivity index (χ1) is 14.6. The van der Waals surface area contributed by atoms with Gasteiger partial charge in [-0.1, -0.05) is 6.42 Å². The summed E-state index contributed by atoms with van der Waals surface area (Å²) in [5, 5.41) is 49.2. The molecule has 2 amide bonds. The number of rotatable bonds is 7. The molecule has 1 unspecified atom stereocenters. The van der Waals surface area contributed by atoms with Crippen molar-refractivity contribution < 1.29 is 39.5 Å². The lowest BCUT2D eigenvalue weighted by atomic mass is 9.61. The van der Waals surface area contributed by atoms with Gasteiger partial charge in [0.25, 0.3) is 0 Å². The fraction of sp³-hybridized carbons (Fsp3) is 0.905. The summed E-state index contributed by atoms with van der Waals surface area (Å²) in [6, 6.07) is 0.0275. The maximum absolute atomic E-state index is 12.6. The summed E-state index contributed by atoms with van der Waals surface area (Å²) in [6.45, 7) is 5.74. The number of carbonyl (C=O) groups excluding carboxylic acids is 2. The van der Waals surface area contributed by atoms with Gasteiger partial charge < -0.3 is 40.5 Å². The van der Waals surface area contributed by atoms with E-state index in [-0.39, 0.29) is 23.9 Å². The van der Waals surface area contributed by atoms with Crippen LogP contribution in [0.4, 0.5) is 4.79 Å². The minimum absolute atomic E-state index is 0.0859. The number of fused-ring (bicyclic) bond motifs is 1. The third-order valence-electron chi connectivity index (χ3n) is 7.81. The number of aliphatic hydroxyl groups excluding tert-OH is 1. The van der Waals surface area contributed by atoms with Gasteiger partial charge >= 0.3 is 12.0 Å². The summed E-state index contributed by atoms with van der Waals surface area (Å²) in [7, 11) is 0. The molecule has 0 aliphatic carbocycles. The van der Waals surface area contributed by atoms with Crippen molar-refractivity contribution in [2.45, 2.75) is 112 Å². The Morgan fingerprint density at radius 1 is 1.09 bits per heavy atom. The third kappa shape index (κ3) is 3.90. The topological polar surface area (TPSA) is 158 Å². The van der Waals surface area contributed by atoms with Gasteiger partial charge in [0, 0.05) is 18.6 Å². The van der Waals surface area contributed by atoms with Gasteiger partial charge in [0.15, 0.2) is 5.60 Å². The van der Waals surface area contributed by atoms with Crippen molar-refractivity contribution in [1.29, 1.82) is 0 Å². The van der Waals surface area contributed by atoms with E-state index < -0.39 is 40.8 Å². The van der Waals surface area contributed by atoms with E-state index >= 15 is 0 Å². The van der Waals surface area contributed by atoms with Gasteiger partial charge in [-0.2, -0.15) is 0 Å². The predicted molar refractivity (Wildman–Crippen MR) is 117 cm³/mol. The Morgan fingerprint density at radius 2 is 1.75 bits per heavy atom. The number of carbonyl (C=O) groups is 2. The molecule has 3 heterocycles. The highest BCUT2D eigenvalue weighted by Crippen LogP contribution is 2.53. The van der Waals surface area contributed by atoms with E-state index in [1.165, 1.54) is 34.6 Å². The first-order valence-corrected chi connectivity index (χ1v) is 12.0. The number of unbranched alkanes of at least 4 members (excludes halogenated alkanes) is 1. The van der Waals surface area contributed by atoms with Gasteiger partial charge in [-0.05, 0) is 47.0 Å². The number of aliphatic hydroxyl groups is 4. The molecule has 0 saturated carbocycles. The van der Waals surface area contributed by atoms with E-state index in [2.05, 4.69) is 10.6 Å². The largest absolute Gasteiger partial charge is 0.430 e. The fourth-order valence-electron chi connectivity index (χ4n) is 4.83. The Balaban J connectivity index is 1.55. The molecule has 0 aromatic carbocycles. The lowest BCUT2D eigenvalue weighted by molar-refractivity contribution is -0.448. The standard InChI is InChI=1S/C21H36N2O8S/c1-17(11-24)18(2,27)19(3,28)20(4,29)21(5,31-17)30-14(25)9-7-6-8-12-10-13-15(32-12)23-16(26)22-13/h12-13,15,24,27-29H,6-11H2,1-5H3,(H2,22,23,26)/t12?,13-,15+,17+,18+,19-,20-,21-/m0/s1. The zero-order chi connectivity index (χ0) is 24.2. The maximum Gasteiger partial charge on any atom is 0.316 e. The number of thioether (sulfide) groups is 1. The fourth-order valence-corrected chi connectivity index (χ4v) is 6.41. The molecule has 0 aromatic heterocycles. The van der Waals surface area contributed by atoms with Crippen LogP contribution in [0.3, 0.4) is 0 Å². The zero-order valence-electron chi connectivity index (χ0n) is 19.3.